The summed E-state index contributed by atoms with van der Waals surface area (Å²) in [5.41, 5.74) is 3.75. The van der Waals surface area contributed by atoms with E-state index in [1.165, 1.54) is 6.20 Å². The molecule has 3 aromatic heterocycles. The van der Waals surface area contributed by atoms with E-state index < -0.39 is 6.03 Å². The lowest BCUT2D eigenvalue weighted by Crippen LogP contribution is -2.43. The molecule has 2 aliphatic rings. The first kappa shape index (κ1) is 27.9. The molecule has 1 atom stereocenters. The average Bonchev–Trinajstić information content (AvgIpc) is 3.00. The third kappa shape index (κ3) is 6.26. The zero-order chi connectivity index (χ0) is 28.8. The number of hydrogen-bond donors (Lipinski definition) is 2. The van der Waals surface area contributed by atoms with Gasteiger partial charge in [0.05, 0.1) is 31.6 Å². The van der Waals surface area contributed by atoms with E-state index in [1.54, 1.807) is 30.3 Å². The fraction of sp³-hybridized carbons (Fsp3) is 0.379. The van der Waals surface area contributed by atoms with Gasteiger partial charge in [-0.1, -0.05) is 6.07 Å². The zero-order valence-electron chi connectivity index (χ0n) is 23.1. The number of pyridine rings is 3. The number of rotatable bonds is 8. The SMILES string of the molecule is COc1ncccc1CNc1cc(NC(=O)N2CCCc3cc(CN4CCOCC4C)c(C=O)nc32)ncc1C#N. The lowest BCUT2D eigenvalue weighted by atomic mass is 10.0. The third-order valence-corrected chi connectivity index (χ3v) is 7.28. The van der Waals surface area contributed by atoms with Crippen LogP contribution >= 0.6 is 0 Å². The summed E-state index contributed by atoms with van der Waals surface area (Å²) in [6.45, 7) is 5.60. The topological polar surface area (TPSA) is 146 Å². The van der Waals surface area contributed by atoms with Crippen molar-refractivity contribution in [1.29, 1.82) is 5.26 Å². The first-order chi connectivity index (χ1) is 20.0. The Labute approximate surface area is 238 Å². The average molecular weight is 557 g/mol. The van der Waals surface area contributed by atoms with Crippen molar-refractivity contribution in [2.75, 3.05) is 48.9 Å². The molecule has 3 aromatic rings. The number of ether oxygens (including phenoxy) is 2. The number of aldehydes is 1. The Kier molecular flexibility index (Phi) is 8.67. The number of carbonyl (C=O) groups excluding carboxylic acids is 2. The number of carbonyl (C=O) groups is 2. The molecule has 212 valence electrons. The number of amides is 2. The highest BCUT2D eigenvalue weighted by molar-refractivity contribution is 6.01. The first-order valence-electron chi connectivity index (χ1n) is 13.5. The monoisotopic (exact) mass is 556 g/mol. The van der Waals surface area contributed by atoms with E-state index in [-0.39, 0.29) is 11.9 Å². The number of fused-ring (bicyclic) bond motifs is 1. The van der Waals surface area contributed by atoms with Crippen LogP contribution < -0.4 is 20.3 Å². The van der Waals surface area contributed by atoms with Crippen molar-refractivity contribution >= 4 is 29.6 Å². The highest BCUT2D eigenvalue weighted by atomic mass is 16.5. The fourth-order valence-electron chi connectivity index (χ4n) is 5.07. The minimum atomic E-state index is -0.415. The number of urea groups is 1. The zero-order valence-corrected chi connectivity index (χ0v) is 23.1. The number of morpholine rings is 1. The predicted octanol–water partition coefficient (Wildman–Crippen LogP) is 3.38. The second-order valence-corrected chi connectivity index (χ2v) is 9.97. The van der Waals surface area contributed by atoms with Gasteiger partial charge in [-0.25, -0.2) is 19.7 Å². The molecule has 1 unspecified atom stereocenters. The molecular formula is C29H32N8O4. The Balaban J connectivity index is 1.33. The molecule has 5 rings (SSSR count). The molecule has 0 bridgehead atoms. The van der Waals surface area contributed by atoms with Gasteiger partial charge in [-0.2, -0.15) is 5.26 Å². The molecule has 0 spiro atoms. The molecule has 2 amide bonds. The molecule has 0 radical (unpaired) electrons. The van der Waals surface area contributed by atoms with Crippen LogP contribution in [0.4, 0.5) is 22.1 Å². The molecule has 2 aliphatic heterocycles. The molecule has 5 heterocycles. The Bertz CT molecular complexity index is 1470. The number of aryl methyl sites for hydroxylation is 1. The minimum Gasteiger partial charge on any atom is -0.481 e. The van der Waals surface area contributed by atoms with Crippen molar-refractivity contribution in [3.63, 3.8) is 0 Å². The molecule has 0 aromatic carbocycles. The number of nitrogens with zero attached hydrogens (tertiary/aromatic N) is 6. The summed E-state index contributed by atoms with van der Waals surface area (Å²) in [6, 6.07) is 9.23. The van der Waals surface area contributed by atoms with E-state index in [2.05, 4.69) is 43.5 Å². The summed E-state index contributed by atoms with van der Waals surface area (Å²) in [6.07, 6.45) is 5.32. The molecule has 2 N–H and O–H groups in total. The molecule has 0 aliphatic carbocycles. The molecule has 1 saturated heterocycles. The number of nitriles is 1. The summed E-state index contributed by atoms with van der Waals surface area (Å²) in [5, 5.41) is 15.6. The van der Waals surface area contributed by atoms with Crippen molar-refractivity contribution in [2.45, 2.75) is 38.9 Å². The summed E-state index contributed by atoms with van der Waals surface area (Å²) in [4.78, 5) is 42.4. The minimum absolute atomic E-state index is 0.243. The van der Waals surface area contributed by atoms with Crippen LogP contribution in [0.25, 0.3) is 0 Å². The molecule has 0 saturated carbocycles. The van der Waals surface area contributed by atoms with Gasteiger partial charge in [-0.05, 0) is 43.0 Å². The van der Waals surface area contributed by atoms with Gasteiger partial charge in [0, 0.05) is 56.2 Å². The molecule has 1 fully saturated rings. The lowest BCUT2D eigenvalue weighted by Gasteiger charge is -2.34. The van der Waals surface area contributed by atoms with Gasteiger partial charge in [0.25, 0.3) is 0 Å². The standard InChI is InChI=1S/C29H32N8O4/c1-19-18-41-10-9-36(19)16-22-11-20-6-4-8-37(27(20)34-25(22)17-38)29(39)35-26-12-24(23(13-30)15-33-26)32-14-21-5-3-7-31-28(21)40-2/h3,5,7,11-12,15,17,19H,4,6,8-10,14,16,18H2,1-2H3,(H2,32,33,35,39). The predicted molar refractivity (Wildman–Crippen MR) is 152 cm³/mol. The first-order valence-corrected chi connectivity index (χ1v) is 13.5. The smallest absolute Gasteiger partial charge is 0.328 e. The Hall–Kier alpha value is -4.60. The van der Waals surface area contributed by atoms with E-state index in [0.29, 0.717) is 61.5 Å². The number of nitrogens with one attached hydrogen (secondary N) is 2. The lowest BCUT2D eigenvalue weighted by molar-refractivity contribution is -0.00448. The van der Waals surface area contributed by atoms with Crippen LogP contribution in [0.2, 0.25) is 0 Å². The van der Waals surface area contributed by atoms with E-state index in [1.807, 2.05) is 12.1 Å². The number of methoxy groups -OCH3 is 1. The van der Waals surface area contributed by atoms with Gasteiger partial charge < -0.3 is 14.8 Å². The van der Waals surface area contributed by atoms with Gasteiger partial charge in [0.2, 0.25) is 5.88 Å². The third-order valence-electron chi connectivity index (χ3n) is 7.28. The van der Waals surface area contributed by atoms with Crippen LogP contribution in [-0.4, -0.2) is 71.6 Å². The van der Waals surface area contributed by atoms with Gasteiger partial charge in [0.1, 0.15) is 23.4 Å². The number of hydrogen-bond acceptors (Lipinski definition) is 10. The van der Waals surface area contributed by atoms with Gasteiger partial charge in [0.15, 0.2) is 6.29 Å². The van der Waals surface area contributed by atoms with Gasteiger partial charge in [-0.15, -0.1) is 0 Å². The Morgan fingerprint density at radius 1 is 1.29 bits per heavy atom. The highest BCUT2D eigenvalue weighted by Gasteiger charge is 2.28. The summed E-state index contributed by atoms with van der Waals surface area (Å²) >= 11 is 0. The van der Waals surface area contributed by atoms with Crippen molar-refractivity contribution in [1.82, 2.24) is 19.9 Å². The van der Waals surface area contributed by atoms with E-state index >= 15 is 0 Å². The van der Waals surface area contributed by atoms with Crippen molar-refractivity contribution < 1.29 is 19.1 Å². The maximum absolute atomic E-state index is 13.4. The van der Waals surface area contributed by atoms with Crippen molar-refractivity contribution in [3.8, 4) is 11.9 Å². The summed E-state index contributed by atoms with van der Waals surface area (Å²) in [5.74, 6) is 1.23. The van der Waals surface area contributed by atoms with Crippen LogP contribution in [-0.2, 0) is 24.2 Å². The quantitative estimate of drug-likeness (QED) is 0.396. The van der Waals surface area contributed by atoms with E-state index in [0.717, 1.165) is 42.4 Å². The van der Waals surface area contributed by atoms with Crippen LogP contribution in [0.1, 0.15) is 46.1 Å². The molecule has 12 heteroatoms. The fourth-order valence-corrected chi connectivity index (χ4v) is 5.07. The van der Waals surface area contributed by atoms with E-state index in [9.17, 15) is 14.9 Å². The van der Waals surface area contributed by atoms with Crippen molar-refractivity contribution in [2.24, 2.45) is 0 Å². The molecule has 12 nitrogen and oxygen atoms in total. The van der Waals surface area contributed by atoms with E-state index in [4.69, 9.17) is 9.47 Å². The Morgan fingerprint density at radius 2 is 2.17 bits per heavy atom. The maximum atomic E-state index is 13.4. The number of aromatic nitrogens is 3. The second-order valence-electron chi connectivity index (χ2n) is 9.97. The molecular weight excluding hydrogens is 524 g/mol. The van der Waals surface area contributed by atoms with Crippen LogP contribution in [0.3, 0.4) is 0 Å². The maximum Gasteiger partial charge on any atom is 0.328 e. The second kappa shape index (κ2) is 12.7. The van der Waals surface area contributed by atoms with Crippen LogP contribution in [0, 0.1) is 11.3 Å². The normalized spacial score (nSPS) is 16.8. The summed E-state index contributed by atoms with van der Waals surface area (Å²) < 4.78 is 10.8. The van der Waals surface area contributed by atoms with Crippen molar-refractivity contribution in [3.05, 3.63) is 64.6 Å². The van der Waals surface area contributed by atoms with Gasteiger partial charge in [-0.3, -0.25) is 19.9 Å². The van der Waals surface area contributed by atoms with Crippen LogP contribution in [0.15, 0.2) is 36.7 Å². The van der Waals surface area contributed by atoms with Crippen LogP contribution in [0.5, 0.6) is 5.88 Å². The largest absolute Gasteiger partial charge is 0.481 e. The Morgan fingerprint density at radius 3 is 2.95 bits per heavy atom. The molecule has 41 heavy (non-hydrogen) atoms. The highest BCUT2D eigenvalue weighted by Crippen LogP contribution is 2.29. The number of anilines is 3. The van der Waals surface area contributed by atoms with Gasteiger partial charge >= 0.3 is 6.03 Å². The summed E-state index contributed by atoms with van der Waals surface area (Å²) in [7, 11) is 1.55.